The molecule has 2 amide bonds. The van der Waals surface area contributed by atoms with Gasteiger partial charge < -0.3 is 26.6 Å². The molecule has 7 N–H and O–H groups in total. The van der Waals surface area contributed by atoms with E-state index in [0.29, 0.717) is 17.5 Å². The first-order valence-corrected chi connectivity index (χ1v) is 11.6. The van der Waals surface area contributed by atoms with Gasteiger partial charge in [0.1, 0.15) is 17.9 Å². The van der Waals surface area contributed by atoms with Crippen LogP contribution in [0.4, 0.5) is 0 Å². The fourth-order valence-electron chi connectivity index (χ4n) is 3.85. The summed E-state index contributed by atoms with van der Waals surface area (Å²) in [7, 11) is 0. The monoisotopic (exact) mass is 504 g/mol. The highest BCUT2D eigenvalue weighted by atomic mass is 16.4. The van der Waals surface area contributed by atoms with Gasteiger partial charge in [0, 0.05) is 18.4 Å². The van der Waals surface area contributed by atoms with Crippen LogP contribution in [0.2, 0.25) is 0 Å². The number of nitrogens with two attached hydrogens (primary N) is 1. The van der Waals surface area contributed by atoms with Crippen molar-refractivity contribution in [3.05, 3.63) is 83.4 Å². The largest absolute Gasteiger partial charge is 0.481 e. The van der Waals surface area contributed by atoms with E-state index in [-0.39, 0.29) is 18.7 Å². The van der Waals surface area contributed by atoms with Crippen LogP contribution in [0.3, 0.4) is 0 Å². The Balaban J connectivity index is 1.62. The van der Waals surface area contributed by atoms with E-state index >= 15 is 0 Å². The third-order valence-electron chi connectivity index (χ3n) is 5.78. The van der Waals surface area contributed by atoms with Gasteiger partial charge in [-0.05, 0) is 34.4 Å². The van der Waals surface area contributed by atoms with Gasteiger partial charge in [-0.2, -0.15) is 0 Å². The van der Waals surface area contributed by atoms with E-state index in [2.05, 4.69) is 10.6 Å². The van der Waals surface area contributed by atoms with E-state index in [0.717, 1.165) is 16.3 Å². The number of hydrogen-bond donors (Lipinski definition) is 6. The summed E-state index contributed by atoms with van der Waals surface area (Å²) in [5, 5.41) is 32.8. The zero-order valence-electron chi connectivity index (χ0n) is 19.9. The molecule has 0 fully saturated rings. The van der Waals surface area contributed by atoms with E-state index in [1.54, 1.807) is 42.5 Å². The Morgan fingerprint density at radius 2 is 1.51 bits per heavy atom. The third-order valence-corrected chi connectivity index (χ3v) is 5.78. The van der Waals surface area contributed by atoms with Crippen LogP contribution in [-0.2, 0) is 32.0 Å². The number of aliphatic carboxylic acids is 2. The quantitative estimate of drug-likeness (QED) is 0.161. The molecule has 0 saturated carbocycles. The Bertz CT molecular complexity index is 1320. The molecule has 2 atom stereocenters. The second-order valence-corrected chi connectivity index (χ2v) is 8.62. The highest BCUT2D eigenvalue weighted by Gasteiger charge is 2.28. The van der Waals surface area contributed by atoms with Crippen LogP contribution >= 0.6 is 0 Å². The van der Waals surface area contributed by atoms with Crippen molar-refractivity contribution < 1.29 is 29.4 Å². The molecule has 0 heterocycles. The molecule has 0 unspecified atom stereocenters. The summed E-state index contributed by atoms with van der Waals surface area (Å²) in [6.45, 7) is 0. The molecule has 192 valence electrons. The fraction of sp³-hybridized carbons (Fsp3) is 0.222. The number of carbonyl (C=O) groups excluding carboxylic acids is 2. The molecular weight excluding hydrogens is 476 g/mol. The summed E-state index contributed by atoms with van der Waals surface area (Å²) < 4.78 is 0. The maximum Gasteiger partial charge on any atom is 0.326 e. The number of benzene rings is 3. The molecule has 10 heteroatoms. The standard InChI is InChI=1S/C27H28N4O6/c28-25(29)20-10-9-18-12-17(6-8-19(18)14-20)7-11-23(32)30-21(15-24(33)34)26(35)31-22(27(36)37)13-16-4-2-1-3-5-16/h1-6,8-10,12,14,21-22H,7,11,13,15H2,(H3,28,29)(H,30,32)(H,31,35)(H,33,34)(H,36,37)/t21-,22-/m0/s1. The van der Waals surface area contributed by atoms with E-state index in [9.17, 15) is 29.4 Å². The van der Waals surface area contributed by atoms with Gasteiger partial charge in [-0.15, -0.1) is 0 Å². The van der Waals surface area contributed by atoms with Gasteiger partial charge >= 0.3 is 11.9 Å². The predicted octanol–water partition coefficient (Wildman–Crippen LogP) is 1.83. The van der Waals surface area contributed by atoms with Crippen molar-refractivity contribution in [3.63, 3.8) is 0 Å². The molecule has 0 spiro atoms. The Kier molecular flexibility index (Phi) is 8.93. The number of amides is 2. The normalized spacial score (nSPS) is 12.3. The molecule has 3 rings (SSSR count). The maximum atomic E-state index is 12.7. The van der Waals surface area contributed by atoms with E-state index in [1.807, 2.05) is 24.3 Å². The van der Waals surface area contributed by atoms with Gasteiger partial charge in [0.25, 0.3) is 0 Å². The van der Waals surface area contributed by atoms with E-state index in [4.69, 9.17) is 11.1 Å². The van der Waals surface area contributed by atoms with Crippen LogP contribution < -0.4 is 16.4 Å². The van der Waals surface area contributed by atoms with Crippen molar-refractivity contribution in [2.75, 3.05) is 0 Å². The SMILES string of the molecule is N=C(N)c1ccc2cc(CCC(=O)N[C@@H](CC(=O)O)C(=O)N[C@@H](Cc3ccccc3)C(=O)O)ccc2c1. The number of aryl methyl sites for hydroxylation is 1. The second-order valence-electron chi connectivity index (χ2n) is 8.62. The Hall–Kier alpha value is -4.73. The lowest BCUT2D eigenvalue weighted by molar-refractivity contribution is -0.143. The Morgan fingerprint density at radius 1 is 0.838 bits per heavy atom. The first-order chi connectivity index (χ1) is 17.6. The van der Waals surface area contributed by atoms with Crippen molar-refractivity contribution in [2.24, 2.45) is 5.73 Å². The van der Waals surface area contributed by atoms with Gasteiger partial charge in [-0.1, -0.05) is 60.7 Å². The average molecular weight is 505 g/mol. The zero-order valence-corrected chi connectivity index (χ0v) is 19.9. The number of nitrogens with one attached hydrogen (secondary N) is 3. The minimum absolute atomic E-state index is 0.00548. The lowest BCUT2D eigenvalue weighted by atomic mass is 10.0. The second kappa shape index (κ2) is 12.3. The minimum atomic E-state index is -1.43. The van der Waals surface area contributed by atoms with Gasteiger partial charge in [-0.3, -0.25) is 19.8 Å². The first-order valence-electron chi connectivity index (χ1n) is 11.6. The molecule has 0 aliphatic rings. The van der Waals surface area contributed by atoms with Crippen molar-refractivity contribution in [2.45, 2.75) is 37.8 Å². The summed E-state index contributed by atoms with van der Waals surface area (Å²) in [6, 6.07) is 16.9. The molecule has 3 aromatic rings. The van der Waals surface area contributed by atoms with Crippen LogP contribution in [0.1, 0.15) is 29.5 Å². The number of carbonyl (C=O) groups is 4. The topological polar surface area (TPSA) is 183 Å². The molecule has 0 saturated heterocycles. The van der Waals surface area contributed by atoms with Crippen LogP contribution in [0, 0.1) is 5.41 Å². The zero-order chi connectivity index (χ0) is 26.9. The van der Waals surface area contributed by atoms with Crippen LogP contribution in [0.5, 0.6) is 0 Å². The summed E-state index contributed by atoms with van der Waals surface area (Å²) in [5.41, 5.74) is 7.67. The highest BCUT2D eigenvalue weighted by Crippen LogP contribution is 2.19. The van der Waals surface area contributed by atoms with Gasteiger partial charge in [0.2, 0.25) is 11.8 Å². The van der Waals surface area contributed by atoms with Crippen molar-refractivity contribution in [1.29, 1.82) is 5.41 Å². The van der Waals surface area contributed by atoms with E-state index in [1.165, 1.54) is 0 Å². The first kappa shape index (κ1) is 26.9. The van der Waals surface area contributed by atoms with Gasteiger partial charge in [-0.25, -0.2) is 4.79 Å². The van der Waals surface area contributed by atoms with Crippen LogP contribution in [-0.4, -0.2) is 51.9 Å². The molecule has 0 bridgehead atoms. The van der Waals surface area contributed by atoms with Crippen molar-refractivity contribution in [1.82, 2.24) is 10.6 Å². The average Bonchev–Trinajstić information content (AvgIpc) is 2.86. The number of nitrogen functional groups attached to an aromatic ring is 1. The Morgan fingerprint density at radius 3 is 2.16 bits per heavy atom. The number of fused-ring (bicyclic) bond motifs is 1. The molecule has 0 radical (unpaired) electrons. The van der Waals surface area contributed by atoms with Crippen LogP contribution in [0.25, 0.3) is 10.8 Å². The fourth-order valence-corrected chi connectivity index (χ4v) is 3.85. The molecule has 0 aromatic heterocycles. The predicted molar refractivity (Wildman–Crippen MR) is 137 cm³/mol. The number of amidine groups is 1. The number of hydrogen-bond acceptors (Lipinski definition) is 5. The van der Waals surface area contributed by atoms with Crippen molar-refractivity contribution in [3.8, 4) is 0 Å². The molecule has 3 aromatic carbocycles. The Labute approximate surface area is 213 Å². The number of carboxylic acids is 2. The number of rotatable bonds is 12. The van der Waals surface area contributed by atoms with E-state index < -0.39 is 42.3 Å². The third kappa shape index (κ3) is 7.89. The summed E-state index contributed by atoms with van der Waals surface area (Å²) >= 11 is 0. The van der Waals surface area contributed by atoms with Crippen molar-refractivity contribution >= 4 is 40.4 Å². The molecular formula is C27H28N4O6. The molecule has 37 heavy (non-hydrogen) atoms. The summed E-state index contributed by atoms with van der Waals surface area (Å²) in [5.74, 6) is -4.04. The van der Waals surface area contributed by atoms with Gasteiger partial charge in [0.05, 0.1) is 6.42 Å². The van der Waals surface area contributed by atoms with Gasteiger partial charge in [0.15, 0.2) is 0 Å². The minimum Gasteiger partial charge on any atom is -0.481 e. The molecule has 0 aliphatic heterocycles. The molecule has 0 aliphatic carbocycles. The highest BCUT2D eigenvalue weighted by molar-refractivity contribution is 5.99. The smallest absolute Gasteiger partial charge is 0.326 e. The number of carboxylic acid groups (broad SMARTS) is 2. The van der Waals surface area contributed by atoms with Crippen LogP contribution in [0.15, 0.2) is 66.7 Å². The summed E-state index contributed by atoms with van der Waals surface area (Å²) in [4.78, 5) is 48.3. The molecule has 10 nitrogen and oxygen atoms in total. The lowest BCUT2D eigenvalue weighted by Gasteiger charge is -2.20. The lowest BCUT2D eigenvalue weighted by Crippen LogP contribution is -2.53. The maximum absolute atomic E-state index is 12.7. The summed E-state index contributed by atoms with van der Waals surface area (Å²) in [6.07, 6.45) is -0.356.